The van der Waals surface area contributed by atoms with Crippen molar-refractivity contribution in [1.29, 1.82) is 0 Å². The zero-order valence-electron chi connectivity index (χ0n) is 8.13. The lowest BCUT2D eigenvalue weighted by Crippen LogP contribution is -2.30. The molecular weight excluding hydrogens is 237 g/mol. The Morgan fingerprint density at radius 3 is 2.67 bits per heavy atom. The second-order valence-electron chi connectivity index (χ2n) is 3.19. The quantitative estimate of drug-likeness (QED) is 0.860. The number of nitrogens with one attached hydrogen (secondary N) is 1. The van der Waals surface area contributed by atoms with Crippen LogP contribution in [0.1, 0.15) is 17.3 Å². The number of hydrogen-bond acceptors (Lipinski definition) is 2. The van der Waals surface area contributed by atoms with Gasteiger partial charge in [0.15, 0.2) is 0 Å². The second-order valence-corrected chi connectivity index (χ2v) is 4.00. The van der Waals surface area contributed by atoms with E-state index in [1.807, 2.05) is 0 Å². The first kappa shape index (κ1) is 12.3. The van der Waals surface area contributed by atoms with Gasteiger partial charge in [0.25, 0.3) is 5.91 Å². The molecule has 1 amide bonds. The highest BCUT2D eigenvalue weighted by molar-refractivity contribution is 6.42. The van der Waals surface area contributed by atoms with Gasteiger partial charge in [0.1, 0.15) is 0 Å². The minimum atomic E-state index is -0.572. The van der Waals surface area contributed by atoms with Gasteiger partial charge < -0.3 is 10.4 Å². The van der Waals surface area contributed by atoms with Gasteiger partial charge in [0.05, 0.1) is 16.1 Å². The molecule has 1 rings (SSSR count). The summed E-state index contributed by atoms with van der Waals surface area (Å²) in [7, 11) is 0. The summed E-state index contributed by atoms with van der Waals surface area (Å²) in [6, 6.07) is 4.62. The highest BCUT2D eigenvalue weighted by atomic mass is 35.5. The summed E-state index contributed by atoms with van der Waals surface area (Å²) >= 11 is 11.5. The van der Waals surface area contributed by atoms with Gasteiger partial charge in [-0.05, 0) is 25.1 Å². The number of rotatable bonds is 3. The molecule has 3 nitrogen and oxygen atoms in total. The fourth-order valence-corrected chi connectivity index (χ4v) is 1.28. The SMILES string of the molecule is CC(O)CNC(=O)c1ccc(Cl)c(Cl)c1. The first-order valence-electron chi connectivity index (χ1n) is 4.42. The molecule has 0 aromatic heterocycles. The van der Waals surface area contributed by atoms with E-state index in [0.29, 0.717) is 15.6 Å². The minimum absolute atomic E-state index is 0.207. The van der Waals surface area contributed by atoms with E-state index in [9.17, 15) is 4.79 Å². The third-order valence-corrected chi connectivity index (χ3v) is 2.48. The van der Waals surface area contributed by atoms with Crippen molar-refractivity contribution in [3.05, 3.63) is 33.8 Å². The summed E-state index contributed by atoms with van der Waals surface area (Å²) in [5.41, 5.74) is 0.421. The average molecular weight is 248 g/mol. The van der Waals surface area contributed by atoms with Crippen LogP contribution in [-0.2, 0) is 0 Å². The fourth-order valence-electron chi connectivity index (χ4n) is 0.980. The minimum Gasteiger partial charge on any atom is -0.392 e. The Morgan fingerprint density at radius 2 is 2.13 bits per heavy atom. The van der Waals surface area contributed by atoms with Crippen molar-refractivity contribution >= 4 is 29.1 Å². The first-order valence-corrected chi connectivity index (χ1v) is 5.17. The third-order valence-electron chi connectivity index (χ3n) is 1.74. The lowest BCUT2D eigenvalue weighted by molar-refractivity contribution is 0.0924. The molecule has 0 fully saturated rings. The van der Waals surface area contributed by atoms with Crippen LogP contribution in [0.15, 0.2) is 18.2 Å². The second kappa shape index (κ2) is 5.35. The Balaban J connectivity index is 2.70. The number of benzene rings is 1. The normalized spacial score (nSPS) is 12.3. The molecule has 0 spiro atoms. The van der Waals surface area contributed by atoms with Crippen LogP contribution in [-0.4, -0.2) is 23.7 Å². The Labute approximate surface area is 98.0 Å². The highest BCUT2D eigenvalue weighted by Crippen LogP contribution is 2.22. The summed E-state index contributed by atoms with van der Waals surface area (Å²) in [5, 5.41) is 12.3. The Kier molecular flexibility index (Phi) is 4.39. The van der Waals surface area contributed by atoms with Crippen molar-refractivity contribution in [2.24, 2.45) is 0 Å². The number of carbonyl (C=O) groups is 1. The van der Waals surface area contributed by atoms with Crippen LogP contribution in [0.4, 0.5) is 0 Å². The smallest absolute Gasteiger partial charge is 0.251 e. The van der Waals surface area contributed by atoms with Crippen LogP contribution in [0.5, 0.6) is 0 Å². The van der Waals surface area contributed by atoms with Crippen molar-refractivity contribution in [3.8, 4) is 0 Å². The van der Waals surface area contributed by atoms with E-state index in [-0.39, 0.29) is 12.5 Å². The molecule has 0 heterocycles. The lowest BCUT2D eigenvalue weighted by Gasteiger charge is -2.07. The molecule has 5 heteroatoms. The van der Waals surface area contributed by atoms with Crippen LogP contribution >= 0.6 is 23.2 Å². The van der Waals surface area contributed by atoms with Crippen molar-refractivity contribution in [2.45, 2.75) is 13.0 Å². The first-order chi connectivity index (χ1) is 7.00. The molecule has 0 saturated heterocycles. The number of aliphatic hydroxyl groups excluding tert-OH is 1. The standard InChI is InChI=1S/C10H11Cl2NO2/c1-6(14)5-13-10(15)7-2-3-8(11)9(12)4-7/h2-4,6,14H,5H2,1H3,(H,13,15). The van der Waals surface area contributed by atoms with Gasteiger partial charge in [-0.2, -0.15) is 0 Å². The Morgan fingerprint density at radius 1 is 1.47 bits per heavy atom. The molecule has 82 valence electrons. The Hall–Kier alpha value is -0.770. The largest absolute Gasteiger partial charge is 0.392 e. The third kappa shape index (κ3) is 3.70. The summed E-state index contributed by atoms with van der Waals surface area (Å²) in [4.78, 5) is 11.5. The van der Waals surface area contributed by atoms with Crippen LogP contribution < -0.4 is 5.32 Å². The Bertz CT molecular complexity index is 366. The molecule has 0 radical (unpaired) electrons. The van der Waals surface area contributed by atoms with Crippen LogP contribution in [0.2, 0.25) is 10.0 Å². The van der Waals surface area contributed by atoms with Gasteiger partial charge >= 0.3 is 0 Å². The van der Waals surface area contributed by atoms with Crippen molar-refractivity contribution in [1.82, 2.24) is 5.32 Å². The average Bonchev–Trinajstić information content (AvgIpc) is 2.18. The van der Waals surface area contributed by atoms with Gasteiger partial charge in [-0.1, -0.05) is 23.2 Å². The summed E-state index contributed by atoms with van der Waals surface area (Å²) in [6.45, 7) is 1.80. The van der Waals surface area contributed by atoms with E-state index < -0.39 is 6.10 Å². The predicted octanol–water partition coefficient (Wildman–Crippen LogP) is 2.10. The fraction of sp³-hybridized carbons (Fsp3) is 0.300. The van der Waals surface area contributed by atoms with Crippen molar-refractivity contribution in [3.63, 3.8) is 0 Å². The van der Waals surface area contributed by atoms with E-state index in [0.717, 1.165) is 0 Å². The maximum absolute atomic E-state index is 11.5. The van der Waals surface area contributed by atoms with Crippen LogP contribution in [0.25, 0.3) is 0 Å². The molecular formula is C10H11Cl2NO2. The van der Waals surface area contributed by atoms with Gasteiger partial charge in [0.2, 0.25) is 0 Å². The predicted molar refractivity (Wildman–Crippen MR) is 60.5 cm³/mol. The number of halogens is 2. The topological polar surface area (TPSA) is 49.3 Å². The van der Waals surface area contributed by atoms with Crippen molar-refractivity contribution in [2.75, 3.05) is 6.54 Å². The molecule has 0 bridgehead atoms. The number of amides is 1. The van der Waals surface area contributed by atoms with Gasteiger partial charge in [-0.25, -0.2) is 0 Å². The maximum atomic E-state index is 11.5. The van der Waals surface area contributed by atoms with Gasteiger partial charge in [-0.15, -0.1) is 0 Å². The van der Waals surface area contributed by atoms with Gasteiger partial charge in [0, 0.05) is 12.1 Å². The van der Waals surface area contributed by atoms with Crippen LogP contribution in [0.3, 0.4) is 0 Å². The number of carbonyl (C=O) groups excluding carboxylic acids is 1. The zero-order valence-corrected chi connectivity index (χ0v) is 9.64. The zero-order chi connectivity index (χ0) is 11.4. The van der Waals surface area contributed by atoms with E-state index in [4.69, 9.17) is 28.3 Å². The van der Waals surface area contributed by atoms with Crippen LogP contribution in [0, 0.1) is 0 Å². The summed E-state index contributed by atoms with van der Waals surface area (Å²) in [5.74, 6) is -0.283. The molecule has 0 aliphatic heterocycles. The summed E-state index contributed by atoms with van der Waals surface area (Å²) in [6.07, 6.45) is -0.572. The van der Waals surface area contributed by atoms with Gasteiger partial charge in [-0.3, -0.25) is 4.79 Å². The van der Waals surface area contributed by atoms with Crippen molar-refractivity contribution < 1.29 is 9.90 Å². The molecule has 15 heavy (non-hydrogen) atoms. The van der Waals surface area contributed by atoms with E-state index in [1.165, 1.54) is 6.07 Å². The molecule has 2 N–H and O–H groups in total. The summed E-state index contributed by atoms with van der Waals surface area (Å²) < 4.78 is 0. The number of aliphatic hydroxyl groups is 1. The molecule has 1 atom stereocenters. The molecule has 0 saturated carbocycles. The van der Waals surface area contributed by atoms with E-state index in [2.05, 4.69) is 5.32 Å². The maximum Gasteiger partial charge on any atom is 0.251 e. The lowest BCUT2D eigenvalue weighted by atomic mass is 10.2. The molecule has 1 unspecified atom stereocenters. The molecule has 1 aromatic rings. The highest BCUT2D eigenvalue weighted by Gasteiger charge is 2.08. The molecule has 0 aliphatic carbocycles. The van der Waals surface area contributed by atoms with E-state index >= 15 is 0 Å². The monoisotopic (exact) mass is 247 g/mol. The number of hydrogen-bond donors (Lipinski definition) is 2. The molecule has 1 aromatic carbocycles. The van der Waals surface area contributed by atoms with E-state index in [1.54, 1.807) is 19.1 Å². The molecule has 0 aliphatic rings.